The van der Waals surface area contributed by atoms with Crippen molar-refractivity contribution in [1.29, 1.82) is 0 Å². The third kappa shape index (κ3) is 7.13. The van der Waals surface area contributed by atoms with Gasteiger partial charge in [-0.15, -0.1) is 0 Å². The first-order chi connectivity index (χ1) is 32.0. The monoisotopic (exact) mass is 847 g/mol. The van der Waals surface area contributed by atoms with Crippen molar-refractivity contribution < 1.29 is 0 Å². The minimum Gasteiger partial charge on any atom is -0.310 e. The van der Waals surface area contributed by atoms with Crippen LogP contribution in [0.4, 0.5) is 17.1 Å². The summed E-state index contributed by atoms with van der Waals surface area (Å²) in [5.74, 6) is 0. The van der Waals surface area contributed by atoms with Gasteiger partial charge in [-0.05, 0) is 119 Å². The first-order valence-corrected chi connectivity index (χ1v) is 24.7. The van der Waals surface area contributed by atoms with Crippen LogP contribution in [-0.2, 0) is 5.41 Å². The van der Waals surface area contributed by atoms with Crippen LogP contribution in [0.1, 0.15) is 25.0 Å². The van der Waals surface area contributed by atoms with Gasteiger partial charge in [-0.1, -0.05) is 232 Å². The van der Waals surface area contributed by atoms with E-state index >= 15 is 0 Å². The highest BCUT2D eigenvalue weighted by Gasteiger charge is 2.41. The van der Waals surface area contributed by atoms with E-state index in [1.165, 1.54) is 76.4 Å². The largest absolute Gasteiger partial charge is 0.310 e. The Morgan fingerprint density at radius 1 is 0.277 bits per heavy atom. The predicted octanol–water partition coefficient (Wildman–Crippen LogP) is 13.8. The molecule has 11 rings (SSSR count). The molecule has 1 nitrogen and oxygen atoms in total. The van der Waals surface area contributed by atoms with Gasteiger partial charge in [-0.25, -0.2) is 0 Å². The van der Waals surface area contributed by atoms with Gasteiger partial charge in [-0.2, -0.15) is 0 Å². The van der Waals surface area contributed by atoms with Crippen molar-refractivity contribution in [2.24, 2.45) is 0 Å². The topological polar surface area (TPSA) is 3.24 Å². The van der Waals surface area contributed by atoms with Gasteiger partial charge in [0.25, 0.3) is 0 Å². The summed E-state index contributed by atoms with van der Waals surface area (Å²) in [4.78, 5) is 2.41. The quantitative estimate of drug-likeness (QED) is 0.0979. The number of nitrogens with zero attached hydrogens (tertiary/aromatic N) is 1. The van der Waals surface area contributed by atoms with E-state index in [0.29, 0.717) is 0 Å². The zero-order chi connectivity index (χ0) is 43.8. The highest BCUT2D eigenvalue weighted by atomic mass is 28.3. The second-order valence-corrected chi connectivity index (χ2v) is 21.5. The number of rotatable bonds is 10. The number of fused-ring (bicyclic) bond motifs is 3. The molecule has 0 fully saturated rings. The van der Waals surface area contributed by atoms with Crippen LogP contribution < -0.4 is 25.6 Å². The van der Waals surface area contributed by atoms with Gasteiger partial charge in [0.05, 0.1) is 0 Å². The van der Waals surface area contributed by atoms with Crippen molar-refractivity contribution in [1.82, 2.24) is 0 Å². The summed E-state index contributed by atoms with van der Waals surface area (Å²) >= 11 is 0. The van der Waals surface area contributed by atoms with Gasteiger partial charge in [0.1, 0.15) is 0 Å². The van der Waals surface area contributed by atoms with Crippen LogP contribution >= 0.6 is 0 Å². The number of anilines is 3. The molecular weight excluding hydrogens is 799 g/mol. The fourth-order valence-corrected chi connectivity index (χ4v) is 15.1. The third-order valence-electron chi connectivity index (χ3n) is 13.7. The molecule has 2 heteroatoms. The van der Waals surface area contributed by atoms with E-state index in [4.69, 9.17) is 0 Å². The van der Waals surface area contributed by atoms with Crippen LogP contribution in [0, 0.1) is 0 Å². The molecule has 65 heavy (non-hydrogen) atoms. The summed E-state index contributed by atoms with van der Waals surface area (Å²) < 4.78 is 0. The average Bonchev–Trinajstić information content (AvgIpc) is 3.61. The van der Waals surface area contributed by atoms with Crippen LogP contribution in [0.25, 0.3) is 44.5 Å². The normalized spacial score (nSPS) is 12.6. The summed E-state index contributed by atoms with van der Waals surface area (Å²) in [5, 5.41) is 5.50. The highest BCUT2D eigenvalue weighted by molar-refractivity contribution is 7.19. The zero-order valence-electron chi connectivity index (χ0n) is 36.8. The van der Waals surface area contributed by atoms with Crippen molar-refractivity contribution >= 4 is 45.9 Å². The molecule has 0 heterocycles. The van der Waals surface area contributed by atoms with E-state index in [2.05, 4.69) is 280 Å². The molecule has 10 aromatic rings. The molecule has 310 valence electrons. The summed E-state index contributed by atoms with van der Waals surface area (Å²) in [6.07, 6.45) is 0. The number of hydrogen-bond donors (Lipinski definition) is 0. The second-order valence-electron chi connectivity index (χ2n) is 17.7. The Labute approximate surface area is 384 Å². The van der Waals surface area contributed by atoms with Crippen molar-refractivity contribution in [2.45, 2.75) is 19.3 Å². The SMILES string of the molecule is CC1(C)c2ccccc2-c2ccc(N(c3ccc(-c4ccc([Si](c5ccccc5)(c5ccccc5)c5ccccc5)cc4)cc3)c3ccc(-c4cccc(-c5ccccc5)c4)cc3)cc21. The fourth-order valence-electron chi connectivity index (χ4n) is 10.4. The Kier molecular flexibility index (Phi) is 10.3. The molecule has 0 amide bonds. The van der Waals surface area contributed by atoms with Crippen LogP contribution in [0.5, 0.6) is 0 Å². The van der Waals surface area contributed by atoms with Crippen LogP contribution in [0.15, 0.2) is 261 Å². The smallest absolute Gasteiger partial charge is 0.179 e. The molecule has 0 N–H and O–H groups in total. The first-order valence-electron chi connectivity index (χ1n) is 22.7. The van der Waals surface area contributed by atoms with Crippen molar-refractivity contribution in [2.75, 3.05) is 4.90 Å². The molecule has 0 unspecified atom stereocenters. The maximum absolute atomic E-state index is 2.61. The van der Waals surface area contributed by atoms with Crippen LogP contribution in [0.3, 0.4) is 0 Å². The Morgan fingerprint density at radius 2 is 0.646 bits per heavy atom. The maximum Gasteiger partial charge on any atom is 0.179 e. The predicted molar refractivity (Wildman–Crippen MR) is 279 cm³/mol. The molecule has 0 atom stereocenters. The molecule has 0 saturated heterocycles. The van der Waals surface area contributed by atoms with Crippen LogP contribution in [0.2, 0.25) is 0 Å². The average molecular weight is 848 g/mol. The lowest BCUT2D eigenvalue weighted by Crippen LogP contribution is -2.74. The molecule has 0 aromatic heterocycles. The van der Waals surface area contributed by atoms with Gasteiger partial charge in [-0.3, -0.25) is 0 Å². The summed E-state index contributed by atoms with van der Waals surface area (Å²) in [5.41, 5.74) is 15.9. The Hall–Kier alpha value is -7.78. The lowest BCUT2D eigenvalue weighted by molar-refractivity contribution is 0.660. The van der Waals surface area contributed by atoms with E-state index < -0.39 is 8.07 Å². The van der Waals surface area contributed by atoms with Gasteiger partial charge < -0.3 is 4.90 Å². The lowest BCUT2D eigenvalue weighted by atomic mass is 9.82. The van der Waals surface area contributed by atoms with E-state index in [1.807, 2.05) is 0 Å². The lowest BCUT2D eigenvalue weighted by Gasteiger charge is -2.34. The van der Waals surface area contributed by atoms with Crippen molar-refractivity contribution in [3.8, 4) is 44.5 Å². The van der Waals surface area contributed by atoms with E-state index in [1.54, 1.807) is 0 Å². The van der Waals surface area contributed by atoms with Crippen molar-refractivity contribution in [3.05, 3.63) is 272 Å². The van der Waals surface area contributed by atoms with Crippen molar-refractivity contribution in [3.63, 3.8) is 0 Å². The van der Waals surface area contributed by atoms with Gasteiger partial charge in [0.2, 0.25) is 0 Å². The summed E-state index contributed by atoms with van der Waals surface area (Å²) in [6.45, 7) is 4.71. The molecule has 0 spiro atoms. The minimum atomic E-state index is -2.61. The molecule has 1 aliphatic rings. The van der Waals surface area contributed by atoms with E-state index in [-0.39, 0.29) is 5.41 Å². The fraction of sp³-hybridized carbons (Fsp3) is 0.0476. The molecule has 0 radical (unpaired) electrons. The molecule has 0 bridgehead atoms. The molecule has 0 saturated carbocycles. The van der Waals surface area contributed by atoms with Gasteiger partial charge >= 0.3 is 0 Å². The standard InChI is InChI=1S/C63H49NSi/c1-63(2)61-29-16-15-28-59(61)60-43-40-54(45-62(60)63)64(53-38-32-49(33-39-53)51-21-17-20-50(44-51)46-18-7-3-8-19-46)52-36-30-47(31-37-52)48-34-41-58(42-35-48)65(55-22-9-4-10-23-55,56-24-11-5-12-25-56)57-26-13-6-14-27-57/h3-45H,1-2H3. The Balaban J connectivity index is 0.974. The highest BCUT2D eigenvalue weighted by Crippen LogP contribution is 2.50. The summed E-state index contributed by atoms with van der Waals surface area (Å²) in [7, 11) is -2.61. The zero-order valence-corrected chi connectivity index (χ0v) is 37.8. The van der Waals surface area contributed by atoms with E-state index in [9.17, 15) is 0 Å². The first kappa shape index (κ1) is 40.0. The molecule has 1 aliphatic carbocycles. The van der Waals surface area contributed by atoms with E-state index in [0.717, 1.165) is 17.1 Å². The third-order valence-corrected chi connectivity index (χ3v) is 18.4. The molecular formula is C63H49NSi. The number of hydrogen-bond acceptors (Lipinski definition) is 1. The summed E-state index contributed by atoms with van der Waals surface area (Å²) in [6, 6.07) is 96.4. The minimum absolute atomic E-state index is 0.112. The van der Waals surface area contributed by atoms with Crippen LogP contribution in [-0.4, -0.2) is 8.07 Å². The van der Waals surface area contributed by atoms with Gasteiger partial charge in [0.15, 0.2) is 8.07 Å². The second kappa shape index (κ2) is 16.7. The molecule has 10 aromatic carbocycles. The number of benzene rings is 10. The Morgan fingerprint density at radius 3 is 1.17 bits per heavy atom. The maximum atomic E-state index is 2.42. The van der Waals surface area contributed by atoms with Gasteiger partial charge in [0, 0.05) is 22.5 Å². The Bertz CT molecular complexity index is 3140. The molecule has 0 aliphatic heterocycles.